The molecule has 0 unspecified atom stereocenters. The van der Waals surface area contributed by atoms with Gasteiger partial charge in [0.15, 0.2) is 0 Å². The van der Waals surface area contributed by atoms with Gasteiger partial charge in [-0.2, -0.15) is 0 Å². The van der Waals surface area contributed by atoms with Gasteiger partial charge in [0, 0.05) is 17.7 Å². The molecule has 100 valence electrons. The van der Waals surface area contributed by atoms with Crippen molar-refractivity contribution in [3.05, 3.63) is 57.9 Å². The molecule has 0 aliphatic heterocycles. The SMILES string of the molecule is Cc1nc(Cc2ccccc2F)nc(Cl)c1C(C)C. The summed E-state index contributed by atoms with van der Waals surface area (Å²) in [6.45, 7) is 6.01. The Morgan fingerprint density at radius 3 is 2.47 bits per heavy atom. The lowest BCUT2D eigenvalue weighted by molar-refractivity contribution is 0.611. The van der Waals surface area contributed by atoms with Crippen molar-refractivity contribution >= 4 is 11.6 Å². The number of halogens is 2. The predicted octanol–water partition coefficient (Wildman–Crippen LogP) is 4.29. The van der Waals surface area contributed by atoms with Gasteiger partial charge in [-0.1, -0.05) is 43.6 Å². The smallest absolute Gasteiger partial charge is 0.136 e. The van der Waals surface area contributed by atoms with Crippen molar-refractivity contribution in [2.45, 2.75) is 33.1 Å². The second-order valence-corrected chi connectivity index (χ2v) is 5.21. The average molecular weight is 279 g/mol. The summed E-state index contributed by atoms with van der Waals surface area (Å²) in [7, 11) is 0. The van der Waals surface area contributed by atoms with Gasteiger partial charge in [-0.3, -0.25) is 0 Å². The molecule has 1 aromatic heterocycles. The molecular weight excluding hydrogens is 263 g/mol. The summed E-state index contributed by atoms with van der Waals surface area (Å²) in [6.07, 6.45) is 0.353. The van der Waals surface area contributed by atoms with Crippen LogP contribution in [0.5, 0.6) is 0 Å². The zero-order valence-corrected chi connectivity index (χ0v) is 12.0. The molecule has 2 nitrogen and oxygen atoms in total. The van der Waals surface area contributed by atoms with E-state index in [2.05, 4.69) is 9.97 Å². The first kappa shape index (κ1) is 13.9. The first-order chi connectivity index (χ1) is 8.99. The maximum Gasteiger partial charge on any atom is 0.136 e. The van der Waals surface area contributed by atoms with E-state index in [1.54, 1.807) is 18.2 Å². The van der Waals surface area contributed by atoms with Gasteiger partial charge in [0.25, 0.3) is 0 Å². The molecule has 0 aliphatic carbocycles. The van der Waals surface area contributed by atoms with Crippen LogP contribution in [0.25, 0.3) is 0 Å². The second kappa shape index (κ2) is 5.66. The molecule has 0 fully saturated rings. The van der Waals surface area contributed by atoms with Crippen molar-refractivity contribution in [3.8, 4) is 0 Å². The summed E-state index contributed by atoms with van der Waals surface area (Å²) in [6, 6.07) is 6.64. The summed E-state index contributed by atoms with van der Waals surface area (Å²) >= 11 is 6.19. The Balaban J connectivity index is 2.35. The normalized spacial score (nSPS) is 11.1. The summed E-state index contributed by atoms with van der Waals surface area (Å²) in [5, 5.41) is 0.467. The van der Waals surface area contributed by atoms with Gasteiger partial charge in [-0.05, 0) is 24.5 Å². The van der Waals surface area contributed by atoms with Crippen molar-refractivity contribution in [1.29, 1.82) is 0 Å². The molecule has 0 saturated heterocycles. The van der Waals surface area contributed by atoms with Crippen LogP contribution in [0.4, 0.5) is 4.39 Å². The third-order valence-corrected chi connectivity index (χ3v) is 3.31. The van der Waals surface area contributed by atoms with Crippen LogP contribution in [0.3, 0.4) is 0 Å². The Hall–Kier alpha value is -1.48. The minimum atomic E-state index is -0.243. The fourth-order valence-corrected chi connectivity index (χ4v) is 2.60. The summed E-state index contributed by atoms with van der Waals surface area (Å²) < 4.78 is 13.6. The first-order valence-corrected chi connectivity index (χ1v) is 6.63. The van der Waals surface area contributed by atoms with E-state index in [0.29, 0.717) is 23.0 Å². The highest BCUT2D eigenvalue weighted by Gasteiger charge is 2.14. The number of rotatable bonds is 3. The van der Waals surface area contributed by atoms with E-state index >= 15 is 0 Å². The number of benzene rings is 1. The fourth-order valence-electron chi connectivity index (χ4n) is 2.15. The third kappa shape index (κ3) is 3.10. The summed E-state index contributed by atoms with van der Waals surface area (Å²) in [4.78, 5) is 8.71. The van der Waals surface area contributed by atoms with Gasteiger partial charge in [-0.15, -0.1) is 0 Å². The highest BCUT2D eigenvalue weighted by Crippen LogP contribution is 2.25. The Labute approximate surface area is 117 Å². The monoisotopic (exact) mass is 278 g/mol. The number of hydrogen-bond donors (Lipinski definition) is 0. The Morgan fingerprint density at radius 1 is 1.21 bits per heavy atom. The van der Waals surface area contributed by atoms with Gasteiger partial charge in [0.1, 0.15) is 16.8 Å². The highest BCUT2D eigenvalue weighted by molar-refractivity contribution is 6.30. The molecule has 1 heterocycles. The van der Waals surface area contributed by atoms with E-state index in [1.165, 1.54) is 6.07 Å². The van der Waals surface area contributed by atoms with Gasteiger partial charge in [0.05, 0.1) is 0 Å². The van der Waals surface area contributed by atoms with Crippen LogP contribution in [0, 0.1) is 12.7 Å². The van der Waals surface area contributed by atoms with Crippen LogP contribution in [0.1, 0.15) is 42.4 Å². The lowest BCUT2D eigenvalue weighted by Gasteiger charge is -2.12. The van der Waals surface area contributed by atoms with E-state index < -0.39 is 0 Å². The molecular formula is C15H16ClFN2. The molecule has 0 radical (unpaired) electrons. The lowest BCUT2D eigenvalue weighted by Crippen LogP contribution is -2.05. The van der Waals surface area contributed by atoms with Crippen LogP contribution in [0.15, 0.2) is 24.3 Å². The van der Waals surface area contributed by atoms with Crippen LogP contribution in [-0.4, -0.2) is 9.97 Å². The Kier molecular flexibility index (Phi) is 4.15. The maximum atomic E-state index is 13.6. The van der Waals surface area contributed by atoms with Crippen LogP contribution in [0.2, 0.25) is 5.15 Å². The lowest BCUT2D eigenvalue weighted by atomic mass is 10.0. The van der Waals surface area contributed by atoms with E-state index in [-0.39, 0.29) is 11.7 Å². The molecule has 0 bridgehead atoms. The molecule has 0 saturated carbocycles. The molecule has 1 aromatic carbocycles. The van der Waals surface area contributed by atoms with Crippen LogP contribution >= 0.6 is 11.6 Å². The molecule has 4 heteroatoms. The van der Waals surface area contributed by atoms with Crippen LogP contribution < -0.4 is 0 Å². The topological polar surface area (TPSA) is 25.8 Å². The van der Waals surface area contributed by atoms with Crippen molar-refractivity contribution in [2.24, 2.45) is 0 Å². The van der Waals surface area contributed by atoms with Crippen LogP contribution in [-0.2, 0) is 6.42 Å². The quantitative estimate of drug-likeness (QED) is 0.783. The summed E-state index contributed by atoms with van der Waals surface area (Å²) in [5.41, 5.74) is 2.40. The second-order valence-electron chi connectivity index (χ2n) is 4.85. The molecule has 0 spiro atoms. The van der Waals surface area contributed by atoms with E-state index in [9.17, 15) is 4.39 Å². The highest BCUT2D eigenvalue weighted by atomic mass is 35.5. The molecule has 0 aliphatic rings. The fraction of sp³-hybridized carbons (Fsp3) is 0.333. The Morgan fingerprint density at radius 2 is 1.89 bits per heavy atom. The minimum absolute atomic E-state index is 0.243. The Bertz CT molecular complexity index is 573. The zero-order valence-electron chi connectivity index (χ0n) is 11.2. The number of nitrogens with zero attached hydrogens (tertiary/aromatic N) is 2. The largest absolute Gasteiger partial charge is 0.237 e. The van der Waals surface area contributed by atoms with Gasteiger partial charge < -0.3 is 0 Å². The number of aryl methyl sites for hydroxylation is 1. The van der Waals surface area contributed by atoms with Crippen molar-refractivity contribution in [2.75, 3.05) is 0 Å². The van der Waals surface area contributed by atoms with Gasteiger partial charge >= 0.3 is 0 Å². The first-order valence-electron chi connectivity index (χ1n) is 6.25. The predicted molar refractivity (Wildman–Crippen MR) is 75.1 cm³/mol. The van der Waals surface area contributed by atoms with Gasteiger partial charge in [0.2, 0.25) is 0 Å². The molecule has 0 N–H and O–H groups in total. The number of aromatic nitrogens is 2. The minimum Gasteiger partial charge on any atom is -0.237 e. The molecule has 0 atom stereocenters. The van der Waals surface area contributed by atoms with Crippen molar-refractivity contribution in [1.82, 2.24) is 9.97 Å². The summed E-state index contributed by atoms with van der Waals surface area (Å²) in [5.74, 6) is 0.583. The zero-order chi connectivity index (χ0) is 14.0. The molecule has 2 aromatic rings. The average Bonchev–Trinajstić information content (AvgIpc) is 2.30. The van der Waals surface area contributed by atoms with E-state index in [1.807, 2.05) is 20.8 Å². The standard InChI is InChI=1S/C15H16ClFN2/c1-9(2)14-10(3)18-13(19-15(14)16)8-11-6-4-5-7-12(11)17/h4-7,9H,8H2,1-3H3. The van der Waals surface area contributed by atoms with E-state index in [0.717, 1.165) is 11.3 Å². The molecule has 2 rings (SSSR count). The molecule has 0 amide bonds. The van der Waals surface area contributed by atoms with Crippen molar-refractivity contribution < 1.29 is 4.39 Å². The number of hydrogen-bond acceptors (Lipinski definition) is 2. The third-order valence-electron chi connectivity index (χ3n) is 3.02. The van der Waals surface area contributed by atoms with E-state index in [4.69, 9.17) is 11.6 Å². The van der Waals surface area contributed by atoms with Crippen molar-refractivity contribution in [3.63, 3.8) is 0 Å². The van der Waals surface area contributed by atoms with Gasteiger partial charge in [-0.25, -0.2) is 14.4 Å². The maximum absolute atomic E-state index is 13.6. The molecule has 19 heavy (non-hydrogen) atoms.